The van der Waals surface area contributed by atoms with Crippen molar-refractivity contribution in [2.75, 3.05) is 6.61 Å². The molecule has 4 heteroatoms. The van der Waals surface area contributed by atoms with E-state index in [1.807, 2.05) is 0 Å². The van der Waals surface area contributed by atoms with E-state index in [0.717, 1.165) is 17.0 Å². The number of rotatable bonds is 4. The molecule has 0 bridgehead atoms. The standard InChI is InChI=1S/C38H36N2O2/c1-36(2)23-41-34(39-36)26-19-15-24(16-20-26)32-28-11-7-9-13-30(28)33(31-14-10-8-12-29(31)32)25-17-21-27(22-18-25)35-40-37(3,4)38(5,6)42-35/h7-22H,23H2,1-6H3. The highest BCUT2D eigenvalue weighted by atomic mass is 16.5. The summed E-state index contributed by atoms with van der Waals surface area (Å²) in [7, 11) is 0. The molecule has 5 aromatic carbocycles. The molecule has 0 radical (unpaired) electrons. The number of hydrogen-bond donors (Lipinski definition) is 0. The topological polar surface area (TPSA) is 43.2 Å². The van der Waals surface area contributed by atoms with Gasteiger partial charge in [0.1, 0.15) is 12.2 Å². The Balaban J connectivity index is 1.35. The second-order valence-corrected chi connectivity index (χ2v) is 13.1. The third-order valence-corrected chi connectivity index (χ3v) is 8.95. The van der Waals surface area contributed by atoms with Gasteiger partial charge in [-0.05, 0) is 110 Å². The summed E-state index contributed by atoms with van der Waals surface area (Å²) in [5.41, 5.74) is 6.01. The van der Waals surface area contributed by atoms with E-state index in [4.69, 9.17) is 19.5 Å². The van der Waals surface area contributed by atoms with Crippen LogP contribution < -0.4 is 0 Å². The Bertz CT molecular complexity index is 1850. The average Bonchev–Trinajstić information content (AvgIpc) is 3.45. The Morgan fingerprint density at radius 1 is 0.500 bits per heavy atom. The van der Waals surface area contributed by atoms with Crippen LogP contribution >= 0.6 is 0 Å². The molecule has 0 unspecified atom stereocenters. The van der Waals surface area contributed by atoms with Gasteiger partial charge in [0.25, 0.3) is 0 Å². The molecule has 0 saturated carbocycles. The number of aliphatic imine (C=N–C) groups is 2. The summed E-state index contributed by atoms with van der Waals surface area (Å²) >= 11 is 0. The highest BCUT2D eigenvalue weighted by molar-refractivity contribution is 6.21. The summed E-state index contributed by atoms with van der Waals surface area (Å²) in [6, 6.07) is 34.8. The van der Waals surface area contributed by atoms with Crippen LogP contribution in [0.3, 0.4) is 0 Å². The zero-order valence-electron chi connectivity index (χ0n) is 25.2. The van der Waals surface area contributed by atoms with E-state index >= 15 is 0 Å². The minimum absolute atomic E-state index is 0.181. The molecule has 2 aliphatic rings. The maximum Gasteiger partial charge on any atom is 0.217 e. The van der Waals surface area contributed by atoms with Crippen LogP contribution in [0.1, 0.15) is 52.7 Å². The van der Waals surface area contributed by atoms with Crippen molar-refractivity contribution < 1.29 is 9.47 Å². The normalized spacial score (nSPS) is 18.4. The fourth-order valence-corrected chi connectivity index (χ4v) is 5.94. The number of hydrogen-bond acceptors (Lipinski definition) is 4. The van der Waals surface area contributed by atoms with Gasteiger partial charge in [0.2, 0.25) is 11.8 Å². The van der Waals surface area contributed by atoms with E-state index in [1.54, 1.807) is 0 Å². The van der Waals surface area contributed by atoms with Crippen LogP contribution in [0.4, 0.5) is 0 Å². The minimum atomic E-state index is -0.352. The zero-order valence-corrected chi connectivity index (χ0v) is 25.2. The molecule has 0 aromatic heterocycles. The van der Waals surface area contributed by atoms with Crippen LogP contribution in [-0.2, 0) is 9.47 Å². The van der Waals surface area contributed by atoms with E-state index in [2.05, 4.69) is 139 Å². The van der Waals surface area contributed by atoms with Gasteiger partial charge in [0, 0.05) is 11.1 Å². The molecular formula is C38H36N2O2. The summed E-state index contributed by atoms with van der Waals surface area (Å²) in [6.45, 7) is 13.3. The van der Waals surface area contributed by atoms with Gasteiger partial charge in [-0.25, -0.2) is 9.98 Å². The number of ether oxygens (including phenoxy) is 2. The fraction of sp³-hybridized carbons (Fsp3) is 0.263. The monoisotopic (exact) mass is 552 g/mol. The van der Waals surface area contributed by atoms with Crippen molar-refractivity contribution in [2.45, 2.75) is 58.2 Å². The van der Waals surface area contributed by atoms with Gasteiger partial charge in [-0.1, -0.05) is 72.8 Å². The molecule has 0 atom stereocenters. The predicted molar refractivity (Wildman–Crippen MR) is 175 cm³/mol. The maximum absolute atomic E-state index is 6.29. The smallest absolute Gasteiger partial charge is 0.217 e. The first-order chi connectivity index (χ1) is 20.0. The van der Waals surface area contributed by atoms with Crippen molar-refractivity contribution >= 4 is 33.3 Å². The van der Waals surface area contributed by atoms with E-state index in [1.165, 1.54) is 43.8 Å². The molecule has 0 spiro atoms. The molecule has 0 fully saturated rings. The molecule has 4 nitrogen and oxygen atoms in total. The van der Waals surface area contributed by atoms with Gasteiger partial charge in [-0.2, -0.15) is 0 Å². The lowest BCUT2D eigenvalue weighted by Crippen LogP contribution is -2.41. The lowest BCUT2D eigenvalue weighted by atomic mass is 9.85. The highest BCUT2D eigenvalue weighted by Crippen LogP contribution is 2.44. The van der Waals surface area contributed by atoms with E-state index < -0.39 is 0 Å². The first-order valence-electron chi connectivity index (χ1n) is 14.7. The van der Waals surface area contributed by atoms with Crippen molar-refractivity contribution in [3.8, 4) is 22.3 Å². The molecule has 5 aromatic rings. The first kappa shape index (κ1) is 26.5. The van der Waals surface area contributed by atoms with E-state index in [0.29, 0.717) is 12.5 Å². The van der Waals surface area contributed by atoms with E-state index in [-0.39, 0.29) is 16.7 Å². The SMILES string of the molecule is CC1(C)COC(c2ccc(-c3c4ccccc4c(-c4ccc(C5=NC(C)(C)C(C)(C)O5)cc4)c4ccccc34)cc2)=N1. The molecule has 42 heavy (non-hydrogen) atoms. The van der Waals surface area contributed by atoms with E-state index in [9.17, 15) is 0 Å². The largest absolute Gasteiger partial charge is 0.475 e. The summed E-state index contributed by atoms with van der Waals surface area (Å²) < 4.78 is 12.2. The van der Waals surface area contributed by atoms with Crippen LogP contribution in [0.25, 0.3) is 43.8 Å². The Labute approximate surface area is 247 Å². The molecule has 2 aliphatic heterocycles. The van der Waals surface area contributed by atoms with Gasteiger partial charge < -0.3 is 9.47 Å². The zero-order chi connectivity index (χ0) is 29.3. The van der Waals surface area contributed by atoms with Crippen LogP contribution in [0.5, 0.6) is 0 Å². The summed E-state index contributed by atoms with van der Waals surface area (Å²) in [5, 5.41) is 4.91. The van der Waals surface area contributed by atoms with Gasteiger partial charge >= 0.3 is 0 Å². The predicted octanol–water partition coefficient (Wildman–Crippen LogP) is 9.22. The Morgan fingerprint density at radius 3 is 1.26 bits per heavy atom. The second-order valence-electron chi connectivity index (χ2n) is 13.1. The van der Waals surface area contributed by atoms with Crippen LogP contribution in [-0.4, -0.2) is 35.1 Å². The van der Waals surface area contributed by atoms with Gasteiger partial charge in [0.15, 0.2) is 0 Å². The highest BCUT2D eigenvalue weighted by Gasteiger charge is 2.45. The van der Waals surface area contributed by atoms with Crippen LogP contribution in [0, 0.1) is 0 Å². The Hall–Kier alpha value is -4.44. The summed E-state index contributed by atoms with van der Waals surface area (Å²) in [5.74, 6) is 1.43. The Kier molecular flexibility index (Phi) is 5.85. The molecule has 0 saturated heterocycles. The van der Waals surface area contributed by atoms with Crippen molar-refractivity contribution in [3.63, 3.8) is 0 Å². The maximum atomic E-state index is 6.29. The molecule has 7 rings (SSSR count). The molecule has 0 N–H and O–H groups in total. The molecule has 2 heterocycles. The van der Waals surface area contributed by atoms with Crippen LogP contribution in [0.15, 0.2) is 107 Å². The number of benzene rings is 5. The van der Waals surface area contributed by atoms with Crippen molar-refractivity contribution in [1.29, 1.82) is 0 Å². The van der Waals surface area contributed by atoms with Crippen molar-refractivity contribution in [2.24, 2.45) is 9.98 Å². The van der Waals surface area contributed by atoms with Crippen molar-refractivity contribution in [3.05, 3.63) is 108 Å². The quantitative estimate of drug-likeness (QED) is 0.209. The van der Waals surface area contributed by atoms with Crippen LogP contribution in [0.2, 0.25) is 0 Å². The number of nitrogens with zero attached hydrogens (tertiary/aromatic N) is 2. The lowest BCUT2D eigenvalue weighted by Gasteiger charge is -2.30. The third-order valence-electron chi connectivity index (χ3n) is 8.95. The lowest BCUT2D eigenvalue weighted by molar-refractivity contribution is 0.0619. The second kappa shape index (κ2) is 9.29. The number of fused-ring (bicyclic) bond motifs is 2. The Morgan fingerprint density at radius 2 is 0.905 bits per heavy atom. The molecule has 210 valence electrons. The van der Waals surface area contributed by atoms with Gasteiger partial charge in [0.05, 0.1) is 11.1 Å². The molecule has 0 aliphatic carbocycles. The summed E-state index contributed by atoms with van der Waals surface area (Å²) in [4.78, 5) is 9.67. The fourth-order valence-electron chi connectivity index (χ4n) is 5.94. The van der Waals surface area contributed by atoms with Crippen molar-refractivity contribution in [1.82, 2.24) is 0 Å². The van der Waals surface area contributed by atoms with Gasteiger partial charge in [-0.3, -0.25) is 0 Å². The van der Waals surface area contributed by atoms with Gasteiger partial charge in [-0.15, -0.1) is 0 Å². The average molecular weight is 553 g/mol. The third kappa shape index (κ3) is 4.28. The minimum Gasteiger partial charge on any atom is -0.475 e. The first-order valence-corrected chi connectivity index (χ1v) is 14.7. The molecule has 0 amide bonds. The summed E-state index contributed by atoms with van der Waals surface area (Å²) in [6.07, 6.45) is 0. The molecular weight excluding hydrogens is 516 g/mol.